The number of H-pyrrole nitrogens is 1. The molecule has 1 atom stereocenters. The minimum Gasteiger partial charge on any atom is -0.496 e. The lowest BCUT2D eigenvalue weighted by molar-refractivity contribution is 0.0391. The second kappa shape index (κ2) is 8.54. The molecule has 0 bridgehead atoms. The number of carbonyl (C=O) groups excluding carboxylic acids is 1. The predicted molar refractivity (Wildman–Crippen MR) is 103 cm³/mol. The number of rotatable bonds is 6. The van der Waals surface area contributed by atoms with E-state index >= 15 is 0 Å². The maximum Gasteiger partial charge on any atom is 0.274 e. The molecule has 1 aliphatic rings. The first kappa shape index (κ1) is 19.4. The molecule has 0 spiro atoms. The number of benzene rings is 1. The van der Waals surface area contributed by atoms with Crippen LogP contribution in [-0.2, 0) is 6.54 Å². The smallest absolute Gasteiger partial charge is 0.274 e. The molecule has 1 aromatic carbocycles. The minimum atomic E-state index is -0.0535. The lowest BCUT2D eigenvalue weighted by atomic mass is 10.1. The summed E-state index contributed by atoms with van der Waals surface area (Å²) in [6.07, 6.45) is 0.637. The van der Waals surface area contributed by atoms with Gasteiger partial charge in [-0.05, 0) is 43.5 Å². The molecule has 2 N–H and O–H groups in total. The third kappa shape index (κ3) is 4.48. The number of piperazine rings is 1. The van der Waals surface area contributed by atoms with Crippen LogP contribution in [0.4, 0.5) is 0 Å². The van der Waals surface area contributed by atoms with Gasteiger partial charge in [0, 0.05) is 44.5 Å². The average molecular weight is 372 g/mol. The molecule has 7 heteroatoms. The van der Waals surface area contributed by atoms with Crippen molar-refractivity contribution in [2.75, 3.05) is 33.4 Å². The molecule has 0 saturated carbocycles. The van der Waals surface area contributed by atoms with Crippen molar-refractivity contribution in [3.05, 3.63) is 46.8 Å². The van der Waals surface area contributed by atoms with Crippen LogP contribution in [0.2, 0.25) is 0 Å². The number of ether oxygens (including phenoxy) is 1. The highest BCUT2D eigenvalue weighted by Gasteiger charge is 2.30. The summed E-state index contributed by atoms with van der Waals surface area (Å²) in [7, 11) is 1.68. The van der Waals surface area contributed by atoms with Gasteiger partial charge in [-0.1, -0.05) is 12.1 Å². The Labute approximate surface area is 159 Å². The molecule has 0 aliphatic carbocycles. The Balaban J connectivity index is 1.69. The summed E-state index contributed by atoms with van der Waals surface area (Å²) >= 11 is 0. The van der Waals surface area contributed by atoms with Crippen LogP contribution >= 0.6 is 0 Å². The van der Waals surface area contributed by atoms with Crippen molar-refractivity contribution >= 4 is 5.91 Å². The molecule has 2 aromatic rings. The molecule has 2 heterocycles. The molecule has 1 aliphatic heterocycles. The third-order valence-corrected chi connectivity index (χ3v) is 5.12. The molecular weight excluding hydrogens is 344 g/mol. The fraction of sp³-hybridized carbons (Fsp3) is 0.500. The Morgan fingerprint density at radius 3 is 2.78 bits per heavy atom. The molecule has 1 amide bonds. The summed E-state index contributed by atoms with van der Waals surface area (Å²) < 4.78 is 5.33. The molecule has 0 unspecified atom stereocenters. The number of nitrogens with zero attached hydrogens (tertiary/aromatic N) is 3. The van der Waals surface area contributed by atoms with Gasteiger partial charge in [-0.2, -0.15) is 5.10 Å². The first-order valence-electron chi connectivity index (χ1n) is 9.31. The van der Waals surface area contributed by atoms with Gasteiger partial charge >= 0.3 is 0 Å². The van der Waals surface area contributed by atoms with Crippen LogP contribution in [0, 0.1) is 13.8 Å². The Kier molecular flexibility index (Phi) is 6.13. The van der Waals surface area contributed by atoms with Crippen LogP contribution in [-0.4, -0.2) is 70.4 Å². The van der Waals surface area contributed by atoms with E-state index in [2.05, 4.69) is 27.2 Å². The largest absolute Gasteiger partial charge is 0.496 e. The van der Waals surface area contributed by atoms with E-state index in [1.165, 1.54) is 5.56 Å². The number of aromatic nitrogens is 2. The number of carbonyl (C=O) groups is 1. The Hall–Kier alpha value is -2.38. The highest BCUT2D eigenvalue weighted by Crippen LogP contribution is 2.22. The minimum absolute atomic E-state index is 0.0535. The number of aliphatic hydroxyl groups excluding tert-OH is 1. The number of methoxy groups -OCH3 is 1. The average Bonchev–Trinajstić information content (AvgIpc) is 3.09. The van der Waals surface area contributed by atoms with E-state index < -0.39 is 0 Å². The quantitative estimate of drug-likeness (QED) is 0.807. The highest BCUT2D eigenvalue weighted by atomic mass is 16.5. The van der Waals surface area contributed by atoms with Crippen LogP contribution in [0.1, 0.15) is 33.7 Å². The van der Waals surface area contributed by atoms with E-state index in [4.69, 9.17) is 4.74 Å². The zero-order chi connectivity index (χ0) is 19.4. The lowest BCUT2D eigenvalue weighted by Crippen LogP contribution is -2.54. The molecule has 1 saturated heterocycles. The molecule has 27 heavy (non-hydrogen) atoms. The number of aliphatic hydroxyl groups is 1. The molecule has 3 rings (SSSR count). The molecule has 146 valence electrons. The summed E-state index contributed by atoms with van der Waals surface area (Å²) in [6.45, 7) is 6.83. The number of hydrogen-bond acceptors (Lipinski definition) is 5. The number of nitrogens with one attached hydrogen (secondary N) is 1. The summed E-state index contributed by atoms with van der Waals surface area (Å²) in [4.78, 5) is 16.9. The fourth-order valence-corrected chi connectivity index (χ4v) is 3.67. The molecule has 0 radical (unpaired) electrons. The van der Waals surface area contributed by atoms with E-state index in [9.17, 15) is 9.90 Å². The van der Waals surface area contributed by atoms with Crippen molar-refractivity contribution in [3.63, 3.8) is 0 Å². The maximum absolute atomic E-state index is 12.7. The molecule has 1 fully saturated rings. The van der Waals surface area contributed by atoms with Crippen molar-refractivity contribution in [2.24, 2.45) is 0 Å². The van der Waals surface area contributed by atoms with E-state index in [0.717, 1.165) is 30.1 Å². The zero-order valence-corrected chi connectivity index (χ0v) is 16.2. The van der Waals surface area contributed by atoms with Crippen molar-refractivity contribution in [3.8, 4) is 5.75 Å². The maximum atomic E-state index is 12.7. The second-order valence-electron chi connectivity index (χ2n) is 7.13. The number of aryl methyl sites for hydroxylation is 2. The van der Waals surface area contributed by atoms with Gasteiger partial charge in [0.15, 0.2) is 0 Å². The number of hydrogen-bond donors (Lipinski definition) is 2. The standard InChI is InChI=1S/C20H28N4O3/c1-14-10-16(4-5-19(14)27-3)12-23-7-8-24(13-17(23)6-9-25)20(26)18-11-15(2)21-22-18/h4-5,10-11,17,25H,6-9,12-13H2,1-3H3,(H,21,22)/t17-/m0/s1. The van der Waals surface area contributed by atoms with Gasteiger partial charge in [-0.25, -0.2) is 0 Å². The van der Waals surface area contributed by atoms with Gasteiger partial charge in [0.1, 0.15) is 11.4 Å². The summed E-state index contributed by atoms with van der Waals surface area (Å²) in [5.41, 5.74) is 3.64. The molecule has 1 aromatic heterocycles. The van der Waals surface area contributed by atoms with Crippen molar-refractivity contribution in [1.82, 2.24) is 20.0 Å². The zero-order valence-electron chi connectivity index (χ0n) is 16.2. The van der Waals surface area contributed by atoms with Gasteiger partial charge in [0.2, 0.25) is 0 Å². The Morgan fingerprint density at radius 1 is 1.33 bits per heavy atom. The predicted octanol–water partition coefficient (Wildman–Crippen LogP) is 1.74. The van der Waals surface area contributed by atoms with Crippen molar-refractivity contribution in [1.29, 1.82) is 0 Å². The summed E-state index contributed by atoms with van der Waals surface area (Å²) in [5.74, 6) is 0.831. The van der Waals surface area contributed by atoms with Crippen LogP contribution in [0.3, 0.4) is 0 Å². The van der Waals surface area contributed by atoms with Crippen LogP contribution in [0.5, 0.6) is 5.75 Å². The summed E-state index contributed by atoms with van der Waals surface area (Å²) in [6, 6.07) is 8.10. The second-order valence-corrected chi connectivity index (χ2v) is 7.13. The highest BCUT2D eigenvalue weighted by molar-refractivity contribution is 5.92. The van der Waals surface area contributed by atoms with Crippen molar-refractivity contribution in [2.45, 2.75) is 32.9 Å². The third-order valence-electron chi connectivity index (χ3n) is 5.12. The van der Waals surface area contributed by atoms with Gasteiger partial charge in [-0.15, -0.1) is 0 Å². The SMILES string of the molecule is COc1ccc(CN2CCN(C(=O)c3cc(C)[nH]n3)C[C@@H]2CCO)cc1C. The van der Waals surface area contributed by atoms with E-state index in [0.29, 0.717) is 25.2 Å². The van der Waals surface area contributed by atoms with Crippen LogP contribution < -0.4 is 4.74 Å². The first-order valence-corrected chi connectivity index (χ1v) is 9.31. The van der Waals surface area contributed by atoms with Crippen LogP contribution in [0.15, 0.2) is 24.3 Å². The van der Waals surface area contributed by atoms with Crippen molar-refractivity contribution < 1.29 is 14.6 Å². The van der Waals surface area contributed by atoms with Gasteiger partial charge < -0.3 is 14.7 Å². The fourth-order valence-electron chi connectivity index (χ4n) is 3.67. The summed E-state index contributed by atoms with van der Waals surface area (Å²) in [5, 5.41) is 16.4. The first-order chi connectivity index (χ1) is 13.0. The van der Waals surface area contributed by atoms with Gasteiger partial charge in [0.05, 0.1) is 7.11 Å². The molecular formula is C20H28N4O3. The van der Waals surface area contributed by atoms with E-state index in [1.807, 2.05) is 24.8 Å². The van der Waals surface area contributed by atoms with E-state index in [-0.39, 0.29) is 18.6 Å². The Bertz CT molecular complexity index is 789. The lowest BCUT2D eigenvalue weighted by Gasteiger charge is -2.41. The van der Waals surface area contributed by atoms with Gasteiger partial charge in [0.25, 0.3) is 5.91 Å². The van der Waals surface area contributed by atoms with Crippen LogP contribution in [0.25, 0.3) is 0 Å². The topological polar surface area (TPSA) is 81.7 Å². The monoisotopic (exact) mass is 372 g/mol. The Morgan fingerprint density at radius 2 is 2.15 bits per heavy atom. The van der Waals surface area contributed by atoms with Gasteiger partial charge in [-0.3, -0.25) is 14.8 Å². The van der Waals surface area contributed by atoms with E-state index in [1.54, 1.807) is 13.2 Å². The number of amides is 1. The number of aromatic amines is 1. The molecule has 7 nitrogen and oxygen atoms in total. The normalized spacial score (nSPS) is 17.9.